The molecule has 5 heteroatoms. The number of carbonyl (C=O) groups excluding carboxylic acids is 1. The number of aromatic nitrogens is 1. The largest absolute Gasteiger partial charge is 0.497 e. The van der Waals surface area contributed by atoms with Crippen LogP contribution in [-0.2, 0) is 0 Å². The van der Waals surface area contributed by atoms with E-state index in [-0.39, 0.29) is 5.91 Å². The topological polar surface area (TPSA) is 46.5 Å². The van der Waals surface area contributed by atoms with Crippen molar-refractivity contribution in [2.24, 2.45) is 0 Å². The second-order valence-electron chi connectivity index (χ2n) is 7.33. The quantitative estimate of drug-likeness (QED) is 0.757. The number of benzene rings is 1. The Kier molecular flexibility index (Phi) is 6.56. The molecule has 0 bridgehead atoms. The van der Waals surface area contributed by atoms with Crippen molar-refractivity contribution < 1.29 is 9.53 Å². The monoisotopic (exact) mass is 369 g/mol. The summed E-state index contributed by atoms with van der Waals surface area (Å²) in [6.07, 6.45) is 4.98. The highest BCUT2D eigenvalue weighted by molar-refractivity contribution is 5.95. The van der Waals surface area contributed by atoms with Gasteiger partial charge in [0.15, 0.2) is 0 Å². The van der Waals surface area contributed by atoms with Crippen LogP contribution in [0.3, 0.4) is 0 Å². The van der Waals surface area contributed by atoms with E-state index in [0.717, 1.165) is 47.9 Å². The van der Waals surface area contributed by atoms with Gasteiger partial charge in [-0.3, -0.25) is 4.79 Å². The summed E-state index contributed by atoms with van der Waals surface area (Å²) in [4.78, 5) is 15.2. The van der Waals surface area contributed by atoms with Crippen molar-refractivity contribution in [3.63, 3.8) is 0 Å². The number of rotatable bonds is 7. The van der Waals surface area contributed by atoms with Gasteiger partial charge in [0, 0.05) is 23.6 Å². The molecule has 0 unspecified atom stereocenters. The molecule has 0 atom stereocenters. The fourth-order valence-electron chi connectivity index (χ4n) is 3.90. The molecule has 2 aromatic rings. The Bertz CT molecular complexity index is 759. The Morgan fingerprint density at radius 2 is 1.81 bits per heavy atom. The molecule has 0 aliphatic carbocycles. The van der Waals surface area contributed by atoms with Crippen LogP contribution >= 0.6 is 0 Å². The maximum absolute atomic E-state index is 12.7. The molecule has 0 radical (unpaired) electrons. The van der Waals surface area contributed by atoms with Gasteiger partial charge in [0.2, 0.25) is 0 Å². The zero-order valence-electron chi connectivity index (χ0n) is 16.8. The fraction of sp³-hybridized carbons (Fsp3) is 0.500. The van der Waals surface area contributed by atoms with Crippen LogP contribution in [0.25, 0.3) is 5.69 Å². The Balaban J connectivity index is 1.60. The van der Waals surface area contributed by atoms with Crippen LogP contribution in [0.2, 0.25) is 0 Å². The molecule has 1 fully saturated rings. The Hall–Kier alpha value is -2.27. The summed E-state index contributed by atoms with van der Waals surface area (Å²) in [5, 5.41) is 3.09. The maximum Gasteiger partial charge on any atom is 0.253 e. The number of nitrogens with zero attached hydrogens (tertiary/aromatic N) is 2. The predicted molar refractivity (Wildman–Crippen MR) is 109 cm³/mol. The summed E-state index contributed by atoms with van der Waals surface area (Å²) < 4.78 is 7.34. The van der Waals surface area contributed by atoms with Gasteiger partial charge in [0.25, 0.3) is 5.91 Å². The van der Waals surface area contributed by atoms with E-state index >= 15 is 0 Å². The number of ether oxygens (including phenoxy) is 1. The van der Waals surface area contributed by atoms with E-state index in [1.165, 1.54) is 32.4 Å². The molecule has 2 heterocycles. The van der Waals surface area contributed by atoms with Crippen LogP contribution in [0, 0.1) is 13.8 Å². The molecule has 1 aromatic carbocycles. The molecule has 5 nitrogen and oxygen atoms in total. The number of nitrogens with one attached hydrogen (secondary N) is 1. The zero-order valence-corrected chi connectivity index (χ0v) is 16.8. The van der Waals surface area contributed by atoms with Gasteiger partial charge in [-0.1, -0.05) is 6.42 Å². The van der Waals surface area contributed by atoms with E-state index in [4.69, 9.17) is 4.74 Å². The molecule has 27 heavy (non-hydrogen) atoms. The third-order valence-corrected chi connectivity index (χ3v) is 5.39. The van der Waals surface area contributed by atoms with Crippen molar-refractivity contribution in [1.82, 2.24) is 14.8 Å². The Labute approximate surface area is 162 Å². The van der Waals surface area contributed by atoms with E-state index in [2.05, 4.69) is 14.8 Å². The number of carbonyl (C=O) groups is 1. The van der Waals surface area contributed by atoms with E-state index in [1.54, 1.807) is 7.11 Å². The lowest BCUT2D eigenvalue weighted by Crippen LogP contribution is -2.33. The van der Waals surface area contributed by atoms with Crippen LogP contribution in [-0.4, -0.2) is 48.7 Å². The Morgan fingerprint density at radius 3 is 2.48 bits per heavy atom. The molecule has 1 amide bonds. The van der Waals surface area contributed by atoms with Gasteiger partial charge in [-0.15, -0.1) is 0 Å². The first kappa shape index (κ1) is 19.5. The first-order valence-electron chi connectivity index (χ1n) is 9.94. The SMILES string of the molecule is COc1ccc(-n2c(C)cc(C(=O)NCCCN3CCCCC3)c2C)cc1. The zero-order chi connectivity index (χ0) is 19.2. The minimum Gasteiger partial charge on any atom is -0.497 e. The lowest BCUT2D eigenvalue weighted by Gasteiger charge is -2.26. The summed E-state index contributed by atoms with van der Waals surface area (Å²) in [5.74, 6) is 0.842. The first-order valence-corrected chi connectivity index (χ1v) is 9.94. The normalized spacial score (nSPS) is 14.9. The van der Waals surface area contributed by atoms with E-state index in [1.807, 2.05) is 44.2 Å². The second kappa shape index (κ2) is 9.09. The highest BCUT2D eigenvalue weighted by Crippen LogP contribution is 2.22. The molecule has 146 valence electrons. The van der Waals surface area contributed by atoms with Crippen LogP contribution in [0.4, 0.5) is 0 Å². The molecule has 1 saturated heterocycles. The van der Waals surface area contributed by atoms with Crippen LogP contribution < -0.4 is 10.1 Å². The number of aryl methyl sites for hydroxylation is 1. The van der Waals surface area contributed by atoms with E-state index in [9.17, 15) is 4.79 Å². The summed E-state index contributed by atoms with van der Waals surface area (Å²) >= 11 is 0. The molecule has 0 spiro atoms. The van der Waals surface area contributed by atoms with Crippen molar-refractivity contribution in [3.05, 3.63) is 47.3 Å². The molecule has 1 aliphatic heterocycles. The van der Waals surface area contributed by atoms with Crippen molar-refractivity contribution in [3.8, 4) is 11.4 Å². The number of hydrogen-bond donors (Lipinski definition) is 1. The van der Waals surface area contributed by atoms with Crippen molar-refractivity contribution in [2.75, 3.05) is 33.3 Å². The molecule has 3 rings (SSSR count). The average molecular weight is 370 g/mol. The number of hydrogen-bond acceptors (Lipinski definition) is 3. The van der Waals surface area contributed by atoms with Crippen LogP contribution in [0.1, 0.15) is 47.4 Å². The molecule has 0 saturated carbocycles. The lowest BCUT2D eigenvalue weighted by molar-refractivity contribution is 0.0950. The highest BCUT2D eigenvalue weighted by Gasteiger charge is 2.16. The highest BCUT2D eigenvalue weighted by atomic mass is 16.5. The number of piperidine rings is 1. The standard InChI is InChI=1S/C22H31N3O2/c1-17-16-21(18(2)25(17)19-8-10-20(27-3)11-9-19)22(26)23-12-7-15-24-13-5-4-6-14-24/h8-11,16H,4-7,12-15H2,1-3H3,(H,23,26). The minimum atomic E-state index is 0.0153. The van der Waals surface area contributed by atoms with Gasteiger partial charge in [-0.2, -0.15) is 0 Å². The molecular weight excluding hydrogens is 338 g/mol. The summed E-state index contributed by atoms with van der Waals surface area (Å²) in [5.41, 5.74) is 3.80. The van der Waals surface area contributed by atoms with Gasteiger partial charge >= 0.3 is 0 Å². The van der Waals surface area contributed by atoms with Gasteiger partial charge in [0.1, 0.15) is 5.75 Å². The molecule has 1 aliphatic rings. The number of amides is 1. The van der Waals surface area contributed by atoms with Crippen molar-refractivity contribution in [1.29, 1.82) is 0 Å². The summed E-state index contributed by atoms with van der Waals surface area (Å²) in [6.45, 7) is 8.24. The van der Waals surface area contributed by atoms with E-state index in [0.29, 0.717) is 0 Å². The molecule has 1 N–H and O–H groups in total. The third kappa shape index (κ3) is 4.72. The van der Waals surface area contributed by atoms with Crippen molar-refractivity contribution >= 4 is 5.91 Å². The number of likely N-dealkylation sites (tertiary alicyclic amines) is 1. The predicted octanol–water partition coefficient (Wildman–Crippen LogP) is 3.71. The lowest BCUT2D eigenvalue weighted by atomic mass is 10.1. The average Bonchev–Trinajstić information content (AvgIpc) is 3.00. The Morgan fingerprint density at radius 1 is 1.11 bits per heavy atom. The summed E-state index contributed by atoms with van der Waals surface area (Å²) in [7, 11) is 1.66. The van der Waals surface area contributed by atoms with Gasteiger partial charge in [-0.25, -0.2) is 0 Å². The van der Waals surface area contributed by atoms with Gasteiger partial charge < -0.3 is 19.5 Å². The third-order valence-electron chi connectivity index (χ3n) is 5.39. The first-order chi connectivity index (χ1) is 13.1. The second-order valence-corrected chi connectivity index (χ2v) is 7.33. The van der Waals surface area contributed by atoms with Crippen molar-refractivity contribution in [2.45, 2.75) is 39.5 Å². The van der Waals surface area contributed by atoms with Crippen LogP contribution in [0.15, 0.2) is 30.3 Å². The summed E-state index contributed by atoms with van der Waals surface area (Å²) in [6, 6.07) is 9.88. The fourth-order valence-corrected chi connectivity index (χ4v) is 3.90. The van der Waals surface area contributed by atoms with Crippen LogP contribution in [0.5, 0.6) is 5.75 Å². The van der Waals surface area contributed by atoms with Gasteiger partial charge in [0.05, 0.1) is 12.7 Å². The minimum absolute atomic E-state index is 0.0153. The maximum atomic E-state index is 12.7. The number of methoxy groups -OCH3 is 1. The van der Waals surface area contributed by atoms with E-state index < -0.39 is 0 Å². The molecular formula is C22H31N3O2. The van der Waals surface area contributed by atoms with Gasteiger partial charge in [-0.05, 0) is 83.1 Å². The smallest absolute Gasteiger partial charge is 0.253 e. The molecule has 1 aromatic heterocycles.